The standard InChI is InChI=1S/C16H15F3N6O2.ClH/c1-20-12(10-7-21-25(2)8-10)14(26)22-11-5-3-9(4-6-11)13-23-15(27-24-13)16(17,18)19;/h3-8,12,20H,1-2H3,(H,22,26);1H. The predicted molar refractivity (Wildman–Crippen MR) is 95.6 cm³/mol. The topological polar surface area (TPSA) is 97.9 Å². The third kappa shape index (κ3) is 4.67. The maximum atomic E-state index is 12.5. The lowest BCUT2D eigenvalue weighted by Gasteiger charge is -2.14. The summed E-state index contributed by atoms with van der Waals surface area (Å²) >= 11 is 0. The van der Waals surface area contributed by atoms with Crippen LogP contribution in [0.5, 0.6) is 0 Å². The van der Waals surface area contributed by atoms with Crippen LogP contribution in [0.4, 0.5) is 18.9 Å². The first-order valence-corrected chi connectivity index (χ1v) is 7.76. The Kier molecular flexibility index (Phi) is 6.41. The van der Waals surface area contributed by atoms with Crippen molar-refractivity contribution in [3.8, 4) is 11.4 Å². The number of benzene rings is 1. The molecule has 0 aliphatic carbocycles. The van der Waals surface area contributed by atoms with Gasteiger partial charge < -0.3 is 15.2 Å². The maximum absolute atomic E-state index is 12.5. The Bertz CT molecular complexity index is 939. The van der Waals surface area contributed by atoms with Crippen molar-refractivity contribution in [3.63, 3.8) is 0 Å². The second kappa shape index (κ2) is 8.40. The van der Waals surface area contributed by atoms with E-state index >= 15 is 0 Å². The molecule has 2 N–H and O–H groups in total. The summed E-state index contributed by atoms with van der Waals surface area (Å²) in [6, 6.07) is 5.43. The van der Waals surface area contributed by atoms with Gasteiger partial charge >= 0.3 is 12.1 Å². The van der Waals surface area contributed by atoms with Crippen LogP contribution in [0.1, 0.15) is 17.5 Å². The number of rotatable bonds is 5. The Morgan fingerprint density at radius 3 is 2.43 bits per heavy atom. The number of aryl methyl sites for hydroxylation is 1. The van der Waals surface area contributed by atoms with E-state index in [9.17, 15) is 18.0 Å². The molecule has 12 heteroatoms. The number of carbonyl (C=O) groups is 1. The fourth-order valence-electron chi connectivity index (χ4n) is 2.41. The van der Waals surface area contributed by atoms with Gasteiger partial charge in [-0.2, -0.15) is 23.3 Å². The van der Waals surface area contributed by atoms with E-state index < -0.39 is 18.1 Å². The number of halogens is 4. The maximum Gasteiger partial charge on any atom is 0.471 e. The van der Waals surface area contributed by atoms with Crippen molar-refractivity contribution in [1.82, 2.24) is 25.2 Å². The van der Waals surface area contributed by atoms with Gasteiger partial charge in [-0.1, -0.05) is 5.16 Å². The van der Waals surface area contributed by atoms with E-state index in [2.05, 4.69) is 30.4 Å². The van der Waals surface area contributed by atoms with E-state index in [1.165, 1.54) is 24.3 Å². The Labute approximate surface area is 163 Å². The number of alkyl halides is 3. The van der Waals surface area contributed by atoms with Gasteiger partial charge in [0.25, 0.3) is 0 Å². The summed E-state index contributed by atoms with van der Waals surface area (Å²) in [5.41, 5.74) is 1.48. The highest BCUT2D eigenvalue weighted by Gasteiger charge is 2.38. The number of anilines is 1. The van der Waals surface area contributed by atoms with E-state index in [-0.39, 0.29) is 24.1 Å². The molecule has 28 heavy (non-hydrogen) atoms. The SMILES string of the molecule is CNC(C(=O)Nc1ccc(-c2noc(C(F)(F)F)n2)cc1)c1cnn(C)c1.Cl. The number of hydrogen-bond acceptors (Lipinski definition) is 6. The Morgan fingerprint density at radius 1 is 1.25 bits per heavy atom. The average molecular weight is 417 g/mol. The van der Waals surface area contributed by atoms with Gasteiger partial charge in [0.15, 0.2) is 0 Å². The molecule has 0 saturated heterocycles. The quantitative estimate of drug-likeness (QED) is 0.663. The molecule has 0 aliphatic heterocycles. The van der Waals surface area contributed by atoms with E-state index in [1.54, 1.807) is 31.2 Å². The van der Waals surface area contributed by atoms with Crippen molar-refractivity contribution in [2.75, 3.05) is 12.4 Å². The van der Waals surface area contributed by atoms with E-state index in [0.29, 0.717) is 16.8 Å². The fraction of sp³-hybridized carbons (Fsp3) is 0.250. The van der Waals surface area contributed by atoms with Crippen LogP contribution >= 0.6 is 12.4 Å². The first-order chi connectivity index (χ1) is 12.8. The molecule has 0 bridgehead atoms. The average Bonchev–Trinajstić information content (AvgIpc) is 3.25. The van der Waals surface area contributed by atoms with Crippen molar-refractivity contribution in [1.29, 1.82) is 0 Å². The second-order valence-electron chi connectivity index (χ2n) is 5.66. The van der Waals surface area contributed by atoms with Gasteiger partial charge in [-0.05, 0) is 31.3 Å². The molecule has 2 heterocycles. The van der Waals surface area contributed by atoms with Crippen molar-refractivity contribution in [2.45, 2.75) is 12.2 Å². The molecular formula is C16H16ClF3N6O2. The Morgan fingerprint density at radius 2 is 1.93 bits per heavy atom. The molecule has 3 rings (SSSR count). The second-order valence-corrected chi connectivity index (χ2v) is 5.66. The number of hydrogen-bond donors (Lipinski definition) is 2. The minimum atomic E-state index is -4.70. The van der Waals surface area contributed by atoms with Crippen molar-refractivity contribution >= 4 is 24.0 Å². The number of aromatic nitrogens is 4. The summed E-state index contributed by atoms with van der Waals surface area (Å²) < 4.78 is 43.3. The number of carbonyl (C=O) groups excluding carboxylic acids is 1. The smallest absolute Gasteiger partial charge is 0.329 e. The molecule has 0 spiro atoms. The van der Waals surface area contributed by atoms with Gasteiger partial charge in [0.1, 0.15) is 6.04 Å². The summed E-state index contributed by atoms with van der Waals surface area (Å²) in [6.07, 6.45) is -1.40. The molecule has 1 aromatic carbocycles. The van der Waals surface area contributed by atoms with Crippen LogP contribution in [0, 0.1) is 0 Å². The summed E-state index contributed by atoms with van der Waals surface area (Å²) in [7, 11) is 3.39. The number of nitrogens with one attached hydrogen (secondary N) is 2. The molecule has 3 aromatic rings. The molecule has 0 fully saturated rings. The molecule has 1 amide bonds. The third-order valence-electron chi connectivity index (χ3n) is 3.69. The van der Waals surface area contributed by atoms with Crippen LogP contribution in [0.25, 0.3) is 11.4 Å². The van der Waals surface area contributed by atoms with Gasteiger partial charge in [-0.15, -0.1) is 12.4 Å². The van der Waals surface area contributed by atoms with Crippen LogP contribution in [-0.4, -0.2) is 32.9 Å². The lowest BCUT2D eigenvalue weighted by molar-refractivity contribution is -0.159. The molecule has 0 radical (unpaired) electrons. The van der Waals surface area contributed by atoms with Gasteiger partial charge in [0, 0.05) is 30.1 Å². The zero-order chi connectivity index (χ0) is 19.6. The molecule has 1 unspecified atom stereocenters. The normalized spacial score (nSPS) is 12.3. The van der Waals surface area contributed by atoms with Gasteiger partial charge in [-0.25, -0.2) is 0 Å². The highest BCUT2D eigenvalue weighted by Crippen LogP contribution is 2.29. The largest absolute Gasteiger partial charge is 0.471 e. The van der Waals surface area contributed by atoms with Crippen molar-refractivity contribution in [3.05, 3.63) is 48.1 Å². The molecule has 8 nitrogen and oxygen atoms in total. The summed E-state index contributed by atoms with van der Waals surface area (Å²) in [6.45, 7) is 0. The van der Waals surface area contributed by atoms with Crippen LogP contribution in [0.3, 0.4) is 0 Å². The van der Waals surface area contributed by atoms with Crippen LogP contribution in [0.2, 0.25) is 0 Å². The Hall–Kier alpha value is -2.92. The molecule has 150 valence electrons. The van der Waals surface area contributed by atoms with Gasteiger partial charge in [0.2, 0.25) is 11.7 Å². The van der Waals surface area contributed by atoms with Crippen molar-refractivity contribution in [2.24, 2.45) is 7.05 Å². The van der Waals surface area contributed by atoms with Crippen LogP contribution in [-0.2, 0) is 18.0 Å². The molecule has 0 saturated carbocycles. The third-order valence-corrected chi connectivity index (χ3v) is 3.69. The number of amides is 1. The van der Waals surface area contributed by atoms with Gasteiger partial charge in [0.05, 0.1) is 6.20 Å². The zero-order valence-electron chi connectivity index (χ0n) is 14.7. The van der Waals surface area contributed by atoms with Crippen LogP contribution < -0.4 is 10.6 Å². The first-order valence-electron chi connectivity index (χ1n) is 7.76. The molecule has 0 aliphatic rings. The predicted octanol–water partition coefficient (Wildman–Crippen LogP) is 2.81. The van der Waals surface area contributed by atoms with E-state index in [0.717, 1.165) is 0 Å². The molecule has 1 atom stereocenters. The summed E-state index contributed by atoms with van der Waals surface area (Å²) in [5, 5.41) is 13.0. The van der Waals surface area contributed by atoms with Crippen LogP contribution in [0.15, 0.2) is 41.2 Å². The zero-order valence-corrected chi connectivity index (χ0v) is 15.5. The fourth-order valence-corrected chi connectivity index (χ4v) is 2.41. The monoisotopic (exact) mass is 416 g/mol. The number of likely N-dealkylation sites (N-methyl/N-ethyl adjacent to an activating group) is 1. The lowest BCUT2D eigenvalue weighted by Crippen LogP contribution is -2.30. The minimum Gasteiger partial charge on any atom is -0.329 e. The van der Waals surface area contributed by atoms with E-state index in [4.69, 9.17) is 0 Å². The summed E-state index contributed by atoms with van der Waals surface area (Å²) in [4.78, 5) is 15.8. The lowest BCUT2D eigenvalue weighted by atomic mass is 10.1. The molecular weight excluding hydrogens is 401 g/mol. The minimum absolute atomic E-state index is 0. The van der Waals surface area contributed by atoms with Crippen molar-refractivity contribution < 1.29 is 22.5 Å². The highest BCUT2D eigenvalue weighted by atomic mass is 35.5. The van der Waals surface area contributed by atoms with E-state index in [1.807, 2.05) is 0 Å². The summed E-state index contributed by atoms with van der Waals surface area (Å²) in [5.74, 6) is -1.91. The highest BCUT2D eigenvalue weighted by molar-refractivity contribution is 5.95. The Balaban J connectivity index is 0.00000280. The first kappa shape index (κ1) is 21.4. The van der Waals surface area contributed by atoms with Gasteiger partial charge in [-0.3, -0.25) is 9.48 Å². The number of nitrogens with zero attached hydrogens (tertiary/aromatic N) is 4. The molecule has 2 aromatic heterocycles.